The largest absolute Gasteiger partial charge is 0.310 e. The molecule has 2 rings (SSSR count). The molecule has 19 heavy (non-hydrogen) atoms. The first-order valence-corrected chi connectivity index (χ1v) is 8.19. The van der Waals surface area contributed by atoms with Crippen molar-refractivity contribution in [3.8, 4) is 0 Å². The van der Waals surface area contributed by atoms with Gasteiger partial charge in [-0.1, -0.05) is 13.8 Å². The van der Waals surface area contributed by atoms with Crippen molar-refractivity contribution in [3.05, 3.63) is 0 Å². The van der Waals surface area contributed by atoms with Crippen LogP contribution in [-0.4, -0.2) is 61.7 Å². The Morgan fingerprint density at radius 3 is 2.68 bits per heavy atom. The minimum atomic E-state index is 0.660. The molecule has 0 aliphatic carbocycles. The molecular formula is C16H33N3. The molecule has 0 saturated carbocycles. The normalized spacial score (nSPS) is 30.0. The van der Waals surface area contributed by atoms with Gasteiger partial charge in [0.05, 0.1) is 0 Å². The van der Waals surface area contributed by atoms with Crippen LogP contribution in [0.15, 0.2) is 0 Å². The van der Waals surface area contributed by atoms with Crippen LogP contribution in [0.4, 0.5) is 0 Å². The van der Waals surface area contributed by atoms with Gasteiger partial charge in [0, 0.05) is 24.7 Å². The Morgan fingerprint density at radius 2 is 2.00 bits per heavy atom. The van der Waals surface area contributed by atoms with Gasteiger partial charge in [-0.3, -0.25) is 0 Å². The molecule has 2 aliphatic heterocycles. The average molecular weight is 267 g/mol. The predicted molar refractivity (Wildman–Crippen MR) is 82.5 cm³/mol. The van der Waals surface area contributed by atoms with Crippen LogP contribution in [0.5, 0.6) is 0 Å². The second-order valence-corrected chi connectivity index (χ2v) is 7.31. The van der Waals surface area contributed by atoms with E-state index in [1.54, 1.807) is 0 Å². The molecule has 1 N–H and O–H groups in total. The Kier molecular flexibility index (Phi) is 5.67. The lowest BCUT2D eigenvalue weighted by atomic mass is 9.95. The van der Waals surface area contributed by atoms with Crippen molar-refractivity contribution < 1.29 is 0 Å². The first-order valence-electron chi connectivity index (χ1n) is 8.19. The number of hydrogen-bond donors (Lipinski definition) is 1. The molecule has 0 aromatic carbocycles. The monoisotopic (exact) mass is 267 g/mol. The molecule has 3 nitrogen and oxygen atoms in total. The molecule has 3 atom stereocenters. The summed E-state index contributed by atoms with van der Waals surface area (Å²) in [5.74, 6) is 0.781. The summed E-state index contributed by atoms with van der Waals surface area (Å²) in [5.41, 5.74) is 0. The standard InChI is InChI=1S/C16H33N3/c1-13(2)10-15(12-18(3)4)17-14-7-9-19-8-5-6-16(19)11-14/h13-17H,5-12H2,1-4H3. The second kappa shape index (κ2) is 7.05. The van der Waals surface area contributed by atoms with E-state index in [1.807, 2.05) is 0 Å². The zero-order valence-electron chi connectivity index (χ0n) is 13.4. The number of fused-ring (bicyclic) bond motifs is 1. The van der Waals surface area contributed by atoms with Crippen molar-refractivity contribution in [3.63, 3.8) is 0 Å². The van der Waals surface area contributed by atoms with Crippen LogP contribution in [0.2, 0.25) is 0 Å². The number of rotatable bonds is 6. The van der Waals surface area contributed by atoms with Crippen molar-refractivity contribution in [2.45, 2.75) is 64.1 Å². The molecule has 2 saturated heterocycles. The van der Waals surface area contributed by atoms with Gasteiger partial charge in [-0.25, -0.2) is 0 Å². The van der Waals surface area contributed by atoms with Gasteiger partial charge in [0.15, 0.2) is 0 Å². The fraction of sp³-hybridized carbons (Fsp3) is 1.00. The summed E-state index contributed by atoms with van der Waals surface area (Å²) in [6, 6.07) is 2.29. The Bertz CT molecular complexity index is 255. The Morgan fingerprint density at radius 1 is 1.21 bits per heavy atom. The molecule has 0 spiro atoms. The minimum Gasteiger partial charge on any atom is -0.310 e. The molecule has 0 radical (unpaired) electrons. The second-order valence-electron chi connectivity index (χ2n) is 7.31. The van der Waals surface area contributed by atoms with Gasteiger partial charge in [0.2, 0.25) is 0 Å². The number of likely N-dealkylation sites (N-methyl/N-ethyl adjacent to an activating group) is 1. The van der Waals surface area contributed by atoms with E-state index in [-0.39, 0.29) is 0 Å². The summed E-state index contributed by atoms with van der Waals surface area (Å²) >= 11 is 0. The lowest BCUT2D eigenvalue weighted by Crippen LogP contribution is -2.51. The molecule has 112 valence electrons. The van der Waals surface area contributed by atoms with Gasteiger partial charge in [-0.15, -0.1) is 0 Å². The van der Waals surface area contributed by atoms with E-state index in [0.29, 0.717) is 6.04 Å². The van der Waals surface area contributed by atoms with Crippen LogP contribution in [0.1, 0.15) is 46.0 Å². The maximum atomic E-state index is 3.96. The van der Waals surface area contributed by atoms with Crippen LogP contribution in [0.3, 0.4) is 0 Å². The van der Waals surface area contributed by atoms with Crippen molar-refractivity contribution in [2.24, 2.45) is 5.92 Å². The van der Waals surface area contributed by atoms with E-state index in [9.17, 15) is 0 Å². The highest BCUT2D eigenvalue weighted by Gasteiger charge is 2.32. The highest BCUT2D eigenvalue weighted by atomic mass is 15.2. The van der Waals surface area contributed by atoms with Crippen LogP contribution >= 0.6 is 0 Å². The third-order valence-corrected chi connectivity index (χ3v) is 4.63. The fourth-order valence-corrected chi connectivity index (χ4v) is 3.91. The third-order valence-electron chi connectivity index (χ3n) is 4.63. The van der Waals surface area contributed by atoms with Crippen LogP contribution in [-0.2, 0) is 0 Å². The summed E-state index contributed by atoms with van der Waals surface area (Å²) in [4.78, 5) is 5.03. The summed E-state index contributed by atoms with van der Waals surface area (Å²) < 4.78 is 0. The summed E-state index contributed by atoms with van der Waals surface area (Å²) in [7, 11) is 4.38. The van der Waals surface area contributed by atoms with E-state index < -0.39 is 0 Å². The molecule has 0 aromatic heterocycles. The molecule has 3 unspecified atom stereocenters. The average Bonchev–Trinajstić information content (AvgIpc) is 2.74. The predicted octanol–water partition coefficient (Wildman–Crippen LogP) is 2.18. The Labute approximate surface area is 119 Å². The van der Waals surface area contributed by atoms with Gasteiger partial charge < -0.3 is 15.1 Å². The van der Waals surface area contributed by atoms with E-state index in [0.717, 1.165) is 18.0 Å². The van der Waals surface area contributed by atoms with Crippen molar-refractivity contribution in [2.75, 3.05) is 33.7 Å². The highest BCUT2D eigenvalue weighted by Crippen LogP contribution is 2.27. The maximum Gasteiger partial charge on any atom is 0.0199 e. The van der Waals surface area contributed by atoms with Crippen molar-refractivity contribution >= 4 is 0 Å². The quantitative estimate of drug-likeness (QED) is 0.796. The van der Waals surface area contributed by atoms with Gasteiger partial charge in [0.25, 0.3) is 0 Å². The summed E-state index contributed by atoms with van der Waals surface area (Å²) in [5, 5.41) is 3.96. The molecular weight excluding hydrogens is 234 g/mol. The number of piperidine rings is 1. The zero-order chi connectivity index (χ0) is 13.8. The highest BCUT2D eigenvalue weighted by molar-refractivity contribution is 4.90. The molecule has 2 aliphatic rings. The minimum absolute atomic E-state index is 0.660. The Balaban J connectivity index is 1.82. The molecule has 3 heteroatoms. The van der Waals surface area contributed by atoms with Crippen LogP contribution < -0.4 is 5.32 Å². The van der Waals surface area contributed by atoms with Crippen molar-refractivity contribution in [1.29, 1.82) is 0 Å². The maximum absolute atomic E-state index is 3.96. The van der Waals surface area contributed by atoms with Gasteiger partial charge in [0.1, 0.15) is 0 Å². The van der Waals surface area contributed by atoms with Gasteiger partial charge in [-0.2, -0.15) is 0 Å². The fourth-order valence-electron chi connectivity index (χ4n) is 3.91. The SMILES string of the molecule is CC(C)CC(CN(C)C)NC1CCN2CCCC2C1. The zero-order valence-corrected chi connectivity index (χ0v) is 13.4. The molecule has 0 bridgehead atoms. The lowest BCUT2D eigenvalue weighted by Gasteiger charge is -2.38. The number of hydrogen-bond acceptors (Lipinski definition) is 3. The van der Waals surface area contributed by atoms with Gasteiger partial charge in [-0.05, 0) is 65.2 Å². The first kappa shape index (κ1) is 15.3. The van der Waals surface area contributed by atoms with E-state index >= 15 is 0 Å². The first-order chi connectivity index (χ1) is 9.04. The van der Waals surface area contributed by atoms with Gasteiger partial charge >= 0.3 is 0 Å². The van der Waals surface area contributed by atoms with E-state index in [2.05, 4.69) is 43.1 Å². The van der Waals surface area contributed by atoms with Crippen LogP contribution in [0.25, 0.3) is 0 Å². The van der Waals surface area contributed by atoms with Crippen molar-refractivity contribution in [1.82, 2.24) is 15.1 Å². The smallest absolute Gasteiger partial charge is 0.0199 e. The van der Waals surface area contributed by atoms with E-state index in [1.165, 1.54) is 51.7 Å². The van der Waals surface area contributed by atoms with E-state index in [4.69, 9.17) is 0 Å². The Hall–Kier alpha value is -0.120. The lowest BCUT2D eigenvalue weighted by molar-refractivity contribution is 0.153. The summed E-state index contributed by atoms with van der Waals surface area (Å²) in [6.45, 7) is 8.51. The molecule has 2 fully saturated rings. The number of nitrogens with one attached hydrogen (secondary N) is 1. The molecule has 2 heterocycles. The topological polar surface area (TPSA) is 18.5 Å². The number of nitrogens with zero attached hydrogens (tertiary/aromatic N) is 2. The molecule has 0 aromatic rings. The third kappa shape index (κ3) is 4.73. The van der Waals surface area contributed by atoms with Crippen LogP contribution in [0, 0.1) is 5.92 Å². The molecule has 0 amide bonds. The summed E-state index contributed by atoms with van der Waals surface area (Å²) in [6.07, 6.45) is 6.87.